The lowest BCUT2D eigenvalue weighted by molar-refractivity contribution is 0.530. The number of aryl methyl sites for hydroxylation is 3. The minimum atomic E-state index is -0.181. The van der Waals surface area contributed by atoms with E-state index >= 15 is 0 Å². The van der Waals surface area contributed by atoms with Crippen LogP contribution in [0.4, 0.5) is 0 Å². The molecule has 130 valence electrons. The summed E-state index contributed by atoms with van der Waals surface area (Å²) in [6.45, 7) is 4.06. The van der Waals surface area contributed by atoms with Gasteiger partial charge in [0.15, 0.2) is 0 Å². The molecule has 0 N–H and O–H groups in total. The third-order valence-electron chi connectivity index (χ3n) is 5.64. The zero-order valence-corrected chi connectivity index (χ0v) is 15.0. The summed E-state index contributed by atoms with van der Waals surface area (Å²) in [6, 6.07) is 10.6. The van der Waals surface area contributed by atoms with Gasteiger partial charge in [0.05, 0.1) is 6.26 Å². The van der Waals surface area contributed by atoms with Crippen molar-refractivity contribution in [2.45, 2.75) is 39.5 Å². The summed E-state index contributed by atoms with van der Waals surface area (Å²) >= 11 is 0. The van der Waals surface area contributed by atoms with E-state index in [0.717, 1.165) is 64.3 Å². The highest BCUT2D eigenvalue weighted by Crippen LogP contribution is 2.38. The van der Waals surface area contributed by atoms with Gasteiger partial charge in [-0.2, -0.15) is 0 Å². The number of benzene rings is 2. The monoisotopic (exact) mass is 344 g/mol. The molecule has 3 nitrogen and oxygen atoms in total. The number of hydrogen-bond donors (Lipinski definition) is 0. The van der Waals surface area contributed by atoms with Crippen LogP contribution in [0.25, 0.3) is 33.1 Å². The molecule has 0 fully saturated rings. The molecule has 0 amide bonds. The molecule has 0 saturated carbocycles. The summed E-state index contributed by atoms with van der Waals surface area (Å²) in [6.07, 6.45) is 5.76. The van der Waals surface area contributed by atoms with Gasteiger partial charge in [-0.3, -0.25) is 0 Å². The van der Waals surface area contributed by atoms with Gasteiger partial charge in [-0.25, -0.2) is 4.79 Å². The third-order valence-corrected chi connectivity index (χ3v) is 5.64. The van der Waals surface area contributed by atoms with Gasteiger partial charge in [0, 0.05) is 27.5 Å². The molecule has 1 aliphatic carbocycles. The Kier molecular flexibility index (Phi) is 3.33. The molecule has 0 bridgehead atoms. The second kappa shape index (κ2) is 5.60. The molecule has 0 aliphatic heterocycles. The first-order chi connectivity index (χ1) is 12.6. The van der Waals surface area contributed by atoms with Gasteiger partial charge >= 0.3 is 5.63 Å². The van der Waals surface area contributed by atoms with Crippen LogP contribution in [0, 0.1) is 13.8 Å². The molecular weight excluding hydrogens is 324 g/mol. The van der Waals surface area contributed by atoms with E-state index in [1.807, 2.05) is 13.2 Å². The highest BCUT2D eigenvalue weighted by atomic mass is 16.4. The lowest BCUT2D eigenvalue weighted by Gasteiger charge is -2.17. The largest absolute Gasteiger partial charge is 0.463 e. The van der Waals surface area contributed by atoms with Crippen LogP contribution >= 0.6 is 0 Å². The third kappa shape index (κ3) is 2.16. The molecular formula is C23H20O3. The molecule has 26 heavy (non-hydrogen) atoms. The Hall–Kier alpha value is -2.81. The Morgan fingerprint density at radius 3 is 2.38 bits per heavy atom. The number of rotatable bonds is 1. The smallest absolute Gasteiger partial charge is 0.339 e. The zero-order valence-electron chi connectivity index (χ0n) is 15.0. The first kappa shape index (κ1) is 15.4. The van der Waals surface area contributed by atoms with E-state index in [2.05, 4.69) is 37.3 Å². The van der Waals surface area contributed by atoms with Crippen LogP contribution in [-0.4, -0.2) is 0 Å². The van der Waals surface area contributed by atoms with Crippen molar-refractivity contribution in [3.63, 3.8) is 0 Å². The van der Waals surface area contributed by atoms with Crippen molar-refractivity contribution in [1.29, 1.82) is 0 Å². The van der Waals surface area contributed by atoms with Crippen LogP contribution in [0.15, 0.2) is 50.2 Å². The Balaban J connectivity index is 1.87. The normalized spacial score (nSPS) is 14.1. The summed E-state index contributed by atoms with van der Waals surface area (Å²) in [5.41, 5.74) is 7.69. The topological polar surface area (TPSA) is 43.4 Å². The van der Waals surface area contributed by atoms with E-state index in [1.54, 1.807) is 0 Å². The maximum atomic E-state index is 12.4. The molecule has 0 radical (unpaired) electrons. The summed E-state index contributed by atoms with van der Waals surface area (Å²) in [5, 5.41) is 2.15. The van der Waals surface area contributed by atoms with Crippen molar-refractivity contribution in [3.05, 3.63) is 69.3 Å². The Bertz CT molecular complexity index is 1210. The lowest BCUT2D eigenvalue weighted by Crippen LogP contribution is -2.16. The fourth-order valence-electron chi connectivity index (χ4n) is 4.21. The standard InChI is InChI=1S/C23H20O3/c1-13-7-9-15(10-8-13)20-12-25-21-14(2)22-18(11-19(20)21)16-5-3-4-6-17(16)23(24)26-22/h7-12H,3-6H2,1-2H3. The molecule has 2 heterocycles. The van der Waals surface area contributed by atoms with Gasteiger partial charge in [0.1, 0.15) is 11.2 Å². The summed E-state index contributed by atoms with van der Waals surface area (Å²) in [4.78, 5) is 12.4. The second-order valence-corrected chi connectivity index (χ2v) is 7.32. The average Bonchev–Trinajstić information content (AvgIpc) is 3.08. The SMILES string of the molecule is Cc1ccc(-c2coc3c(C)c4oc(=O)c5c(c4cc23)CCCC5)cc1. The van der Waals surface area contributed by atoms with Crippen LogP contribution in [-0.2, 0) is 12.8 Å². The quantitative estimate of drug-likeness (QED) is 0.416. The highest BCUT2D eigenvalue weighted by Gasteiger charge is 2.22. The Morgan fingerprint density at radius 2 is 1.62 bits per heavy atom. The van der Waals surface area contributed by atoms with Crippen molar-refractivity contribution < 1.29 is 8.83 Å². The van der Waals surface area contributed by atoms with Crippen molar-refractivity contribution >= 4 is 21.9 Å². The summed E-state index contributed by atoms with van der Waals surface area (Å²) in [5.74, 6) is 0. The van der Waals surface area contributed by atoms with Gasteiger partial charge in [-0.1, -0.05) is 29.8 Å². The Morgan fingerprint density at radius 1 is 0.885 bits per heavy atom. The average molecular weight is 344 g/mol. The maximum absolute atomic E-state index is 12.4. The first-order valence-electron chi connectivity index (χ1n) is 9.20. The number of fused-ring (bicyclic) bond motifs is 4. The van der Waals surface area contributed by atoms with Gasteiger partial charge in [0.2, 0.25) is 0 Å². The molecule has 0 spiro atoms. The van der Waals surface area contributed by atoms with Crippen LogP contribution in [0.1, 0.15) is 35.1 Å². The molecule has 0 saturated heterocycles. The highest BCUT2D eigenvalue weighted by molar-refractivity contribution is 6.05. The molecule has 5 rings (SSSR count). The first-order valence-corrected chi connectivity index (χ1v) is 9.20. The van der Waals surface area contributed by atoms with Gasteiger partial charge in [-0.05, 0) is 56.7 Å². The van der Waals surface area contributed by atoms with Crippen LogP contribution in [0.2, 0.25) is 0 Å². The van der Waals surface area contributed by atoms with Crippen LogP contribution in [0.3, 0.4) is 0 Å². The zero-order chi connectivity index (χ0) is 17.8. The molecule has 0 atom stereocenters. The predicted molar refractivity (Wildman–Crippen MR) is 104 cm³/mol. The van der Waals surface area contributed by atoms with Gasteiger partial charge < -0.3 is 8.83 Å². The van der Waals surface area contributed by atoms with E-state index in [0.29, 0.717) is 5.58 Å². The molecule has 1 aliphatic rings. The van der Waals surface area contributed by atoms with Gasteiger partial charge in [-0.15, -0.1) is 0 Å². The van der Waals surface area contributed by atoms with E-state index in [-0.39, 0.29) is 5.63 Å². The minimum Gasteiger partial charge on any atom is -0.463 e. The van der Waals surface area contributed by atoms with Crippen molar-refractivity contribution in [3.8, 4) is 11.1 Å². The van der Waals surface area contributed by atoms with Crippen molar-refractivity contribution in [2.75, 3.05) is 0 Å². The van der Waals surface area contributed by atoms with Crippen LogP contribution in [0.5, 0.6) is 0 Å². The minimum absolute atomic E-state index is 0.181. The van der Waals surface area contributed by atoms with E-state index in [1.165, 1.54) is 11.1 Å². The van der Waals surface area contributed by atoms with E-state index in [4.69, 9.17) is 8.83 Å². The van der Waals surface area contributed by atoms with Crippen molar-refractivity contribution in [2.24, 2.45) is 0 Å². The summed E-state index contributed by atoms with van der Waals surface area (Å²) in [7, 11) is 0. The molecule has 0 unspecified atom stereocenters. The predicted octanol–water partition coefficient (Wildman–Crippen LogP) is 5.70. The van der Waals surface area contributed by atoms with Crippen molar-refractivity contribution in [1.82, 2.24) is 0 Å². The second-order valence-electron chi connectivity index (χ2n) is 7.32. The molecule has 2 aromatic heterocycles. The van der Waals surface area contributed by atoms with Crippen LogP contribution < -0.4 is 5.63 Å². The molecule has 2 aromatic carbocycles. The maximum Gasteiger partial charge on any atom is 0.339 e. The molecule has 3 heteroatoms. The van der Waals surface area contributed by atoms with E-state index in [9.17, 15) is 4.79 Å². The van der Waals surface area contributed by atoms with Gasteiger partial charge in [0.25, 0.3) is 0 Å². The Labute approximate surface area is 151 Å². The fraction of sp³-hybridized carbons (Fsp3) is 0.261. The molecule has 4 aromatic rings. The van der Waals surface area contributed by atoms with E-state index < -0.39 is 0 Å². The fourth-order valence-corrected chi connectivity index (χ4v) is 4.21. The summed E-state index contributed by atoms with van der Waals surface area (Å²) < 4.78 is 11.6. The number of furan rings is 1. The lowest BCUT2D eigenvalue weighted by atomic mass is 9.89. The number of hydrogen-bond acceptors (Lipinski definition) is 3.